The molecular formula is C17H22BrN2+. The Hall–Kier alpha value is -1.09. The van der Waals surface area contributed by atoms with Gasteiger partial charge in [0.1, 0.15) is 0 Å². The maximum Gasteiger partial charge on any atom is 0.238 e. The summed E-state index contributed by atoms with van der Waals surface area (Å²) in [4.78, 5) is 0. The molecule has 0 N–H and O–H groups in total. The molecule has 1 saturated carbocycles. The summed E-state index contributed by atoms with van der Waals surface area (Å²) in [5.74, 6) is 0.740. The standard InChI is InChI=1S/C17H22BrN2/c1-19-16(13-6-4-3-5-7-13)12-17(20(19)2)14-8-10-15(18)11-9-14/h8-13H,3-7H2,1-2H3/q+1. The maximum atomic E-state index is 3.51. The van der Waals surface area contributed by atoms with Crippen molar-refractivity contribution in [2.24, 2.45) is 14.1 Å². The van der Waals surface area contributed by atoms with E-state index in [0.29, 0.717) is 0 Å². The molecule has 0 radical (unpaired) electrons. The van der Waals surface area contributed by atoms with Crippen molar-refractivity contribution in [1.82, 2.24) is 4.68 Å². The minimum Gasteiger partial charge on any atom is -0.160 e. The van der Waals surface area contributed by atoms with E-state index in [2.05, 4.69) is 69.7 Å². The van der Waals surface area contributed by atoms with E-state index in [1.165, 1.54) is 49.1 Å². The molecular weight excluding hydrogens is 312 g/mol. The Kier molecular flexibility index (Phi) is 3.97. The fourth-order valence-corrected chi connectivity index (χ4v) is 3.60. The molecule has 1 aliphatic carbocycles. The normalized spacial score (nSPS) is 16.6. The molecule has 0 aliphatic heterocycles. The van der Waals surface area contributed by atoms with Crippen molar-refractivity contribution in [3.8, 4) is 11.3 Å². The Morgan fingerprint density at radius 1 is 1.10 bits per heavy atom. The van der Waals surface area contributed by atoms with E-state index in [4.69, 9.17) is 0 Å². The van der Waals surface area contributed by atoms with Crippen LogP contribution in [0.4, 0.5) is 0 Å². The van der Waals surface area contributed by atoms with Crippen molar-refractivity contribution >= 4 is 15.9 Å². The molecule has 106 valence electrons. The molecule has 1 aliphatic rings. The highest BCUT2D eigenvalue weighted by molar-refractivity contribution is 9.10. The van der Waals surface area contributed by atoms with Gasteiger partial charge in [0, 0.05) is 22.0 Å². The van der Waals surface area contributed by atoms with Gasteiger partial charge in [-0.25, -0.2) is 0 Å². The van der Waals surface area contributed by atoms with Crippen molar-refractivity contribution in [2.45, 2.75) is 38.0 Å². The number of halogens is 1. The van der Waals surface area contributed by atoms with Gasteiger partial charge in [0.15, 0.2) is 7.05 Å². The quantitative estimate of drug-likeness (QED) is 0.723. The van der Waals surface area contributed by atoms with Crippen LogP contribution in [-0.2, 0) is 14.1 Å². The topological polar surface area (TPSA) is 8.81 Å². The van der Waals surface area contributed by atoms with E-state index in [9.17, 15) is 0 Å². The van der Waals surface area contributed by atoms with Crippen LogP contribution in [0.5, 0.6) is 0 Å². The van der Waals surface area contributed by atoms with Crippen LogP contribution >= 0.6 is 15.9 Å². The Balaban J connectivity index is 1.98. The zero-order valence-electron chi connectivity index (χ0n) is 12.3. The van der Waals surface area contributed by atoms with Gasteiger partial charge in [0.05, 0.1) is 12.7 Å². The van der Waals surface area contributed by atoms with Crippen LogP contribution in [-0.4, -0.2) is 4.68 Å². The number of benzene rings is 1. The molecule has 0 bridgehead atoms. The minimum atomic E-state index is 0.740. The van der Waals surface area contributed by atoms with E-state index in [-0.39, 0.29) is 0 Å². The van der Waals surface area contributed by atoms with Gasteiger partial charge in [-0.05, 0) is 37.1 Å². The minimum absolute atomic E-state index is 0.740. The molecule has 0 atom stereocenters. The molecule has 3 rings (SSSR count). The van der Waals surface area contributed by atoms with Gasteiger partial charge in [-0.1, -0.05) is 35.2 Å². The average Bonchev–Trinajstić information content (AvgIpc) is 2.77. The van der Waals surface area contributed by atoms with Crippen LogP contribution in [0.2, 0.25) is 0 Å². The Labute approximate surface area is 129 Å². The summed E-state index contributed by atoms with van der Waals surface area (Å²) in [5, 5.41) is 0. The number of nitrogens with zero attached hydrogens (tertiary/aromatic N) is 2. The van der Waals surface area contributed by atoms with Gasteiger partial charge in [-0.3, -0.25) is 0 Å². The zero-order valence-corrected chi connectivity index (χ0v) is 13.9. The Morgan fingerprint density at radius 2 is 1.75 bits per heavy atom. The summed E-state index contributed by atoms with van der Waals surface area (Å²) in [6, 6.07) is 11.0. The lowest BCUT2D eigenvalue weighted by atomic mass is 9.86. The Morgan fingerprint density at radius 3 is 2.40 bits per heavy atom. The number of rotatable bonds is 2. The highest BCUT2D eigenvalue weighted by atomic mass is 79.9. The van der Waals surface area contributed by atoms with Gasteiger partial charge in [-0.15, -0.1) is 4.68 Å². The van der Waals surface area contributed by atoms with Crippen LogP contribution in [0.15, 0.2) is 34.8 Å². The molecule has 0 spiro atoms. The predicted octanol–water partition coefficient (Wildman–Crippen LogP) is 4.33. The lowest BCUT2D eigenvalue weighted by molar-refractivity contribution is -0.741. The summed E-state index contributed by atoms with van der Waals surface area (Å²) in [6.45, 7) is 0. The molecule has 1 heterocycles. The lowest BCUT2D eigenvalue weighted by Crippen LogP contribution is -2.40. The summed E-state index contributed by atoms with van der Waals surface area (Å²) >= 11 is 3.51. The molecule has 1 aromatic heterocycles. The van der Waals surface area contributed by atoms with Gasteiger partial charge < -0.3 is 0 Å². The maximum absolute atomic E-state index is 3.51. The first kappa shape index (κ1) is 13.9. The highest BCUT2D eigenvalue weighted by Crippen LogP contribution is 2.33. The highest BCUT2D eigenvalue weighted by Gasteiger charge is 2.25. The monoisotopic (exact) mass is 333 g/mol. The molecule has 0 saturated heterocycles. The third-order valence-electron chi connectivity index (χ3n) is 4.62. The largest absolute Gasteiger partial charge is 0.238 e. The molecule has 2 nitrogen and oxygen atoms in total. The van der Waals surface area contributed by atoms with E-state index < -0.39 is 0 Å². The molecule has 0 amide bonds. The second kappa shape index (κ2) is 5.72. The second-order valence-corrected chi connectivity index (χ2v) is 6.76. The molecule has 2 aromatic rings. The molecule has 1 fully saturated rings. The first-order chi connectivity index (χ1) is 9.66. The van der Waals surface area contributed by atoms with Crippen molar-refractivity contribution in [3.05, 3.63) is 40.5 Å². The average molecular weight is 334 g/mol. The smallest absolute Gasteiger partial charge is 0.160 e. The fourth-order valence-electron chi connectivity index (χ4n) is 3.33. The Bertz CT molecular complexity index is 592. The van der Waals surface area contributed by atoms with Crippen LogP contribution in [0.3, 0.4) is 0 Å². The third-order valence-corrected chi connectivity index (χ3v) is 5.15. The van der Waals surface area contributed by atoms with Crippen LogP contribution in [0.25, 0.3) is 11.3 Å². The lowest BCUT2D eigenvalue weighted by Gasteiger charge is -2.20. The number of aromatic nitrogens is 2. The van der Waals surface area contributed by atoms with E-state index >= 15 is 0 Å². The molecule has 20 heavy (non-hydrogen) atoms. The fraction of sp³-hybridized carbons (Fsp3) is 0.471. The van der Waals surface area contributed by atoms with Crippen LogP contribution in [0.1, 0.15) is 43.7 Å². The van der Waals surface area contributed by atoms with Gasteiger partial charge >= 0.3 is 0 Å². The van der Waals surface area contributed by atoms with Crippen LogP contribution < -0.4 is 4.68 Å². The van der Waals surface area contributed by atoms with Crippen LogP contribution in [0, 0.1) is 0 Å². The molecule has 3 heteroatoms. The van der Waals surface area contributed by atoms with Gasteiger partial charge in [0.2, 0.25) is 5.69 Å². The van der Waals surface area contributed by atoms with E-state index in [1.54, 1.807) is 0 Å². The van der Waals surface area contributed by atoms with E-state index in [0.717, 1.165) is 10.4 Å². The van der Waals surface area contributed by atoms with Crippen molar-refractivity contribution < 1.29 is 4.68 Å². The summed E-state index contributed by atoms with van der Waals surface area (Å²) < 4.78 is 5.73. The third kappa shape index (κ3) is 2.56. The summed E-state index contributed by atoms with van der Waals surface area (Å²) in [6.07, 6.45) is 6.86. The molecule has 1 aromatic carbocycles. The zero-order chi connectivity index (χ0) is 14.1. The predicted molar refractivity (Wildman–Crippen MR) is 85.6 cm³/mol. The van der Waals surface area contributed by atoms with Crippen molar-refractivity contribution in [3.63, 3.8) is 0 Å². The first-order valence-electron chi connectivity index (χ1n) is 7.48. The summed E-state index contributed by atoms with van der Waals surface area (Å²) in [5.41, 5.74) is 4.08. The van der Waals surface area contributed by atoms with Gasteiger partial charge in [-0.2, -0.15) is 4.68 Å². The van der Waals surface area contributed by atoms with Crippen molar-refractivity contribution in [1.29, 1.82) is 0 Å². The van der Waals surface area contributed by atoms with Crippen molar-refractivity contribution in [2.75, 3.05) is 0 Å². The first-order valence-corrected chi connectivity index (χ1v) is 8.28. The summed E-state index contributed by atoms with van der Waals surface area (Å²) in [7, 11) is 4.34. The van der Waals surface area contributed by atoms with E-state index in [1.807, 2.05) is 0 Å². The number of hydrogen-bond acceptors (Lipinski definition) is 0. The van der Waals surface area contributed by atoms with Gasteiger partial charge in [0.25, 0.3) is 0 Å². The molecule has 0 unspecified atom stereocenters. The number of hydrogen-bond donors (Lipinski definition) is 0. The second-order valence-electron chi connectivity index (χ2n) is 5.84. The SMILES string of the molecule is Cn1c(C2CCCCC2)cc(-c2ccc(Br)cc2)[n+]1C.